The van der Waals surface area contributed by atoms with Crippen molar-refractivity contribution in [3.63, 3.8) is 0 Å². The molecule has 1 heterocycles. The Hall–Kier alpha value is -1.20. The maximum Gasteiger partial charge on any atom is 0.257 e. The minimum absolute atomic E-state index is 0.106. The fourth-order valence-corrected chi connectivity index (χ4v) is 3.96. The normalized spacial score (nSPS) is 17.6. The van der Waals surface area contributed by atoms with Crippen molar-refractivity contribution in [1.82, 2.24) is 4.98 Å². The number of nitrogens with zero attached hydrogens (tertiary/aromatic N) is 1. The summed E-state index contributed by atoms with van der Waals surface area (Å²) >= 11 is 4.99. The summed E-state index contributed by atoms with van der Waals surface area (Å²) in [5, 5.41) is 3.62. The van der Waals surface area contributed by atoms with Gasteiger partial charge in [-0.05, 0) is 43.4 Å². The molecule has 3 rings (SSSR count). The summed E-state index contributed by atoms with van der Waals surface area (Å²) in [6, 6.07) is 7.37. The van der Waals surface area contributed by atoms with Crippen LogP contribution in [0.4, 0.5) is 5.13 Å². The maximum atomic E-state index is 12.2. The van der Waals surface area contributed by atoms with Crippen LogP contribution in [0.3, 0.4) is 0 Å². The van der Waals surface area contributed by atoms with E-state index in [1.54, 1.807) is 17.4 Å². The Labute approximate surface area is 130 Å². The smallest absolute Gasteiger partial charge is 0.257 e. The topological polar surface area (TPSA) is 42.0 Å². The largest absolute Gasteiger partial charge is 0.298 e. The Morgan fingerprint density at radius 1 is 1.50 bits per heavy atom. The van der Waals surface area contributed by atoms with Crippen molar-refractivity contribution in [3.8, 4) is 0 Å². The molecule has 0 bridgehead atoms. The van der Waals surface area contributed by atoms with E-state index in [1.165, 1.54) is 11.3 Å². The summed E-state index contributed by atoms with van der Waals surface area (Å²) in [5.41, 5.74) is 1.80. The van der Waals surface area contributed by atoms with Gasteiger partial charge in [-0.2, -0.15) is 0 Å². The molecule has 0 saturated heterocycles. The van der Waals surface area contributed by atoms with Gasteiger partial charge in [-0.25, -0.2) is 4.98 Å². The van der Waals surface area contributed by atoms with Crippen molar-refractivity contribution in [1.29, 1.82) is 0 Å². The van der Waals surface area contributed by atoms with E-state index in [-0.39, 0.29) is 5.91 Å². The fourth-order valence-electron chi connectivity index (χ4n) is 2.39. The van der Waals surface area contributed by atoms with Crippen molar-refractivity contribution < 1.29 is 4.79 Å². The molecule has 2 aromatic rings. The van der Waals surface area contributed by atoms with Crippen molar-refractivity contribution in [2.24, 2.45) is 5.92 Å². The number of rotatable bonds is 2. The van der Waals surface area contributed by atoms with Gasteiger partial charge in [0.15, 0.2) is 5.13 Å². The Morgan fingerprint density at radius 3 is 3.15 bits per heavy atom. The van der Waals surface area contributed by atoms with Crippen molar-refractivity contribution in [2.75, 3.05) is 5.32 Å². The molecule has 1 aromatic heterocycles. The molecule has 0 unspecified atom stereocenters. The van der Waals surface area contributed by atoms with Crippen LogP contribution in [0.5, 0.6) is 0 Å². The van der Waals surface area contributed by atoms with E-state index in [1.807, 2.05) is 18.2 Å². The van der Waals surface area contributed by atoms with Crippen molar-refractivity contribution in [2.45, 2.75) is 26.2 Å². The number of halogens is 1. The van der Waals surface area contributed by atoms with Gasteiger partial charge in [-0.3, -0.25) is 10.1 Å². The van der Waals surface area contributed by atoms with Gasteiger partial charge in [0.1, 0.15) is 0 Å². The molecule has 20 heavy (non-hydrogen) atoms. The van der Waals surface area contributed by atoms with Gasteiger partial charge in [0.2, 0.25) is 0 Å². The molecule has 104 valence electrons. The molecule has 1 aromatic carbocycles. The van der Waals surface area contributed by atoms with E-state index in [9.17, 15) is 4.79 Å². The Bertz CT molecular complexity index is 653. The fraction of sp³-hybridized carbons (Fsp3) is 0.333. The van der Waals surface area contributed by atoms with E-state index in [4.69, 9.17) is 0 Å². The number of fused-ring (bicyclic) bond motifs is 1. The molecule has 0 fully saturated rings. The van der Waals surface area contributed by atoms with Gasteiger partial charge in [-0.1, -0.05) is 28.9 Å². The number of thiazole rings is 1. The van der Waals surface area contributed by atoms with Crippen LogP contribution < -0.4 is 5.32 Å². The summed E-state index contributed by atoms with van der Waals surface area (Å²) in [4.78, 5) is 18.1. The molecule has 0 saturated carbocycles. The molecule has 3 nitrogen and oxygen atoms in total. The Morgan fingerprint density at radius 2 is 2.35 bits per heavy atom. The highest BCUT2D eigenvalue weighted by Crippen LogP contribution is 2.32. The van der Waals surface area contributed by atoms with Crippen LogP contribution in [0.15, 0.2) is 28.7 Å². The first kappa shape index (κ1) is 13.8. The van der Waals surface area contributed by atoms with Crippen LogP contribution >= 0.6 is 27.3 Å². The highest BCUT2D eigenvalue weighted by atomic mass is 79.9. The lowest BCUT2D eigenvalue weighted by molar-refractivity contribution is 0.102. The first-order chi connectivity index (χ1) is 9.61. The standard InChI is InChI=1S/C15H15BrN2OS/c1-9-5-6-12-13(7-9)20-15(17-12)18-14(19)10-3-2-4-11(16)8-10/h2-4,8-9H,5-7H2,1H3,(H,17,18,19)/t9-/m1/s1. The zero-order chi connectivity index (χ0) is 14.1. The summed E-state index contributed by atoms with van der Waals surface area (Å²) < 4.78 is 0.900. The third-order valence-corrected chi connectivity index (χ3v) is 5.02. The predicted octanol–water partition coefficient (Wildman–Crippen LogP) is 4.28. The number of amides is 1. The van der Waals surface area contributed by atoms with Gasteiger partial charge in [0, 0.05) is 14.9 Å². The Kier molecular flexibility index (Phi) is 3.89. The number of aryl methyl sites for hydroxylation is 1. The molecular formula is C15H15BrN2OS. The highest BCUT2D eigenvalue weighted by molar-refractivity contribution is 9.10. The second-order valence-corrected chi connectivity index (χ2v) is 7.20. The zero-order valence-corrected chi connectivity index (χ0v) is 13.6. The average Bonchev–Trinajstić information content (AvgIpc) is 2.80. The van der Waals surface area contributed by atoms with Gasteiger partial charge in [-0.15, -0.1) is 11.3 Å². The van der Waals surface area contributed by atoms with Gasteiger partial charge < -0.3 is 0 Å². The van der Waals surface area contributed by atoms with E-state index in [0.717, 1.165) is 28.9 Å². The number of hydrogen-bond donors (Lipinski definition) is 1. The van der Waals surface area contributed by atoms with Crippen molar-refractivity contribution in [3.05, 3.63) is 44.9 Å². The van der Waals surface area contributed by atoms with E-state index >= 15 is 0 Å². The zero-order valence-electron chi connectivity index (χ0n) is 11.1. The molecule has 1 aliphatic carbocycles. The molecule has 1 aliphatic rings. The van der Waals surface area contributed by atoms with Crippen LogP contribution in [-0.4, -0.2) is 10.9 Å². The second kappa shape index (κ2) is 5.66. The molecule has 1 N–H and O–H groups in total. The minimum atomic E-state index is -0.106. The number of carbonyl (C=O) groups is 1. The number of carbonyl (C=O) groups excluding carboxylic acids is 1. The molecule has 1 amide bonds. The first-order valence-electron chi connectivity index (χ1n) is 6.67. The molecule has 0 radical (unpaired) electrons. The third kappa shape index (κ3) is 2.94. The van der Waals surface area contributed by atoms with Gasteiger partial charge in [0.05, 0.1) is 5.69 Å². The van der Waals surface area contributed by atoms with Gasteiger partial charge >= 0.3 is 0 Å². The van der Waals surface area contributed by atoms with Crippen LogP contribution in [0.1, 0.15) is 34.3 Å². The van der Waals surface area contributed by atoms with E-state index in [2.05, 4.69) is 33.2 Å². The SMILES string of the molecule is C[C@@H]1CCc2nc(NC(=O)c3cccc(Br)c3)sc2C1. The quantitative estimate of drug-likeness (QED) is 0.877. The summed E-state index contributed by atoms with van der Waals surface area (Å²) in [7, 11) is 0. The van der Waals surface area contributed by atoms with E-state index in [0.29, 0.717) is 10.7 Å². The number of anilines is 1. The maximum absolute atomic E-state index is 12.2. The van der Waals surface area contributed by atoms with Crippen LogP contribution in [0.25, 0.3) is 0 Å². The molecule has 5 heteroatoms. The molecule has 0 spiro atoms. The van der Waals surface area contributed by atoms with Crippen LogP contribution in [0, 0.1) is 5.92 Å². The highest BCUT2D eigenvalue weighted by Gasteiger charge is 2.20. The average molecular weight is 351 g/mol. The van der Waals surface area contributed by atoms with Crippen LogP contribution in [-0.2, 0) is 12.8 Å². The van der Waals surface area contributed by atoms with Crippen molar-refractivity contribution >= 4 is 38.3 Å². The van der Waals surface area contributed by atoms with Gasteiger partial charge in [0.25, 0.3) is 5.91 Å². The monoisotopic (exact) mass is 350 g/mol. The Balaban J connectivity index is 1.77. The summed E-state index contributed by atoms with van der Waals surface area (Å²) in [6.07, 6.45) is 3.30. The molecule has 1 atom stereocenters. The third-order valence-electron chi connectivity index (χ3n) is 3.49. The minimum Gasteiger partial charge on any atom is -0.298 e. The number of nitrogens with one attached hydrogen (secondary N) is 1. The molecule has 0 aliphatic heterocycles. The number of aromatic nitrogens is 1. The second-order valence-electron chi connectivity index (χ2n) is 5.20. The lowest BCUT2D eigenvalue weighted by Crippen LogP contribution is -2.11. The summed E-state index contributed by atoms with van der Waals surface area (Å²) in [5.74, 6) is 0.613. The first-order valence-corrected chi connectivity index (χ1v) is 8.28. The number of hydrogen-bond acceptors (Lipinski definition) is 3. The van der Waals surface area contributed by atoms with E-state index < -0.39 is 0 Å². The predicted molar refractivity (Wildman–Crippen MR) is 85.4 cm³/mol. The van der Waals surface area contributed by atoms with Crippen LogP contribution in [0.2, 0.25) is 0 Å². The lowest BCUT2D eigenvalue weighted by Gasteiger charge is -2.15. The lowest BCUT2D eigenvalue weighted by atomic mass is 9.93. The molecular weight excluding hydrogens is 336 g/mol. The summed E-state index contributed by atoms with van der Waals surface area (Å²) in [6.45, 7) is 2.27. The number of benzene rings is 1.